The van der Waals surface area contributed by atoms with Crippen molar-refractivity contribution in [2.45, 2.75) is 36.4 Å². The van der Waals surface area contributed by atoms with Gasteiger partial charge >= 0.3 is 0 Å². The summed E-state index contributed by atoms with van der Waals surface area (Å²) >= 11 is 1.35. The zero-order valence-electron chi connectivity index (χ0n) is 11.1. The van der Waals surface area contributed by atoms with Crippen LogP contribution in [0, 0.1) is 11.3 Å². The average molecular weight is 300 g/mol. The Morgan fingerprint density at radius 2 is 2.11 bits per heavy atom. The van der Waals surface area contributed by atoms with E-state index < -0.39 is 10.0 Å². The molecule has 0 aromatic carbocycles. The summed E-state index contributed by atoms with van der Waals surface area (Å²) in [5.41, 5.74) is 0.304. The van der Waals surface area contributed by atoms with E-state index in [0.29, 0.717) is 22.7 Å². The number of rotatable bonds is 7. The Bertz CT molecular complexity index is 557. The molecular formula is C13H20N2O2S2. The molecule has 0 atom stereocenters. The Hall–Kier alpha value is -0.430. The molecule has 2 aliphatic carbocycles. The Kier molecular flexibility index (Phi) is 3.45. The lowest BCUT2D eigenvalue weighted by molar-refractivity contribution is 0.432. The normalized spacial score (nSPS) is 21.5. The molecule has 1 heterocycles. The van der Waals surface area contributed by atoms with Crippen LogP contribution in [0.3, 0.4) is 0 Å². The third-order valence-corrected chi connectivity index (χ3v) is 7.18. The number of thiophene rings is 1. The summed E-state index contributed by atoms with van der Waals surface area (Å²) in [6, 6.07) is 3.58. The number of hydrogen-bond donors (Lipinski definition) is 2. The quantitative estimate of drug-likeness (QED) is 0.809. The molecule has 0 saturated heterocycles. The van der Waals surface area contributed by atoms with Gasteiger partial charge in [-0.3, -0.25) is 0 Å². The standard InChI is InChI=1S/C13H20N2O2S2/c1-14-8-11-4-5-12(18-11)19(16,17)15-9-13(6-7-13)10-2-3-10/h4-5,10,14-15H,2-3,6-9H2,1H3. The molecule has 3 rings (SSSR count). The molecule has 2 aliphatic rings. The fourth-order valence-corrected chi connectivity index (χ4v) is 5.22. The highest BCUT2D eigenvalue weighted by Gasteiger charge is 2.53. The summed E-state index contributed by atoms with van der Waals surface area (Å²) in [5, 5.41) is 3.03. The van der Waals surface area contributed by atoms with Crippen LogP contribution in [-0.2, 0) is 16.6 Å². The number of sulfonamides is 1. The summed E-state index contributed by atoms with van der Waals surface area (Å²) < 4.78 is 27.7. The predicted octanol–water partition coefficient (Wildman–Crippen LogP) is 1.94. The number of hydrogen-bond acceptors (Lipinski definition) is 4. The molecule has 0 radical (unpaired) electrons. The second-order valence-electron chi connectivity index (χ2n) is 5.71. The topological polar surface area (TPSA) is 58.2 Å². The number of nitrogens with one attached hydrogen (secondary N) is 2. The third-order valence-electron chi connectivity index (χ3n) is 4.20. The first kappa shape index (κ1) is 13.5. The van der Waals surface area contributed by atoms with Crippen LogP contribution >= 0.6 is 11.3 Å². The van der Waals surface area contributed by atoms with Crippen molar-refractivity contribution < 1.29 is 8.42 Å². The first-order valence-corrected chi connectivity index (χ1v) is 9.09. The van der Waals surface area contributed by atoms with Crippen molar-refractivity contribution in [1.82, 2.24) is 10.0 Å². The summed E-state index contributed by atoms with van der Waals surface area (Å²) in [6.45, 7) is 1.34. The molecule has 106 valence electrons. The van der Waals surface area contributed by atoms with Crippen molar-refractivity contribution in [3.8, 4) is 0 Å². The second kappa shape index (κ2) is 4.84. The van der Waals surface area contributed by atoms with Crippen molar-refractivity contribution in [2.75, 3.05) is 13.6 Å². The lowest BCUT2D eigenvalue weighted by atomic mass is 10.0. The maximum Gasteiger partial charge on any atom is 0.250 e. The van der Waals surface area contributed by atoms with Crippen LogP contribution in [0.1, 0.15) is 30.6 Å². The fraction of sp³-hybridized carbons (Fsp3) is 0.692. The van der Waals surface area contributed by atoms with Crippen molar-refractivity contribution >= 4 is 21.4 Å². The zero-order chi connectivity index (χ0) is 13.5. The van der Waals surface area contributed by atoms with Gasteiger partial charge in [0.2, 0.25) is 10.0 Å². The lowest BCUT2D eigenvalue weighted by Crippen LogP contribution is -2.30. The Morgan fingerprint density at radius 1 is 1.37 bits per heavy atom. The maximum atomic E-state index is 12.2. The molecule has 1 aromatic heterocycles. The minimum absolute atomic E-state index is 0.304. The molecule has 0 bridgehead atoms. The van der Waals surface area contributed by atoms with Gasteiger partial charge in [0, 0.05) is 18.0 Å². The van der Waals surface area contributed by atoms with E-state index >= 15 is 0 Å². The summed E-state index contributed by atoms with van der Waals surface area (Å²) in [4.78, 5) is 1.05. The summed E-state index contributed by atoms with van der Waals surface area (Å²) in [5.74, 6) is 0.776. The van der Waals surface area contributed by atoms with Gasteiger partial charge in [0.15, 0.2) is 0 Å². The first-order valence-electron chi connectivity index (χ1n) is 6.79. The van der Waals surface area contributed by atoms with Crippen molar-refractivity contribution in [3.63, 3.8) is 0 Å². The second-order valence-corrected chi connectivity index (χ2v) is 8.87. The Morgan fingerprint density at radius 3 is 2.68 bits per heavy atom. The monoisotopic (exact) mass is 300 g/mol. The highest BCUT2D eigenvalue weighted by Crippen LogP contribution is 2.60. The highest BCUT2D eigenvalue weighted by molar-refractivity contribution is 7.91. The van der Waals surface area contributed by atoms with E-state index in [4.69, 9.17) is 0 Å². The van der Waals surface area contributed by atoms with Gasteiger partial charge in [-0.1, -0.05) is 0 Å². The molecular weight excluding hydrogens is 280 g/mol. The molecule has 1 aromatic rings. The average Bonchev–Trinajstić information content (AvgIpc) is 3.26. The maximum absolute atomic E-state index is 12.2. The van der Waals surface area contributed by atoms with Gasteiger partial charge in [0.1, 0.15) is 4.21 Å². The molecule has 0 spiro atoms. The molecule has 2 saturated carbocycles. The van der Waals surface area contributed by atoms with Crippen LogP contribution in [0.15, 0.2) is 16.3 Å². The largest absolute Gasteiger partial charge is 0.315 e. The molecule has 0 unspecified atom stereocenters. The predicted molar refractivity (Wildman–Crippen MR) is 76.7 cm³/mol. The Balaban J connectivity index is 1.64. The van der Waals surface area contributed by atoms with Gasteiger partial charge in [0.05, 0.1) is 0 Å². The molecule has 0 amide bonds. The van der Waals surface area contributed by atoms with Crippen LogP contribution in [0.2, 0.25) is 0 Å². The van der Waals surface area contributed by atoms with Gasteiger partial charge in [-0.15, -0.1) is 11.3 Å². The van der Waals surface area contributed by atoms with Crippen LogP contribution in [0.25, 0.3) is 0 Å². The minimum Gasteiger partial charge on any atom is -0.315 e. The molecule has 2 fully saturated rings. The van der Waals surface area contributed by atoms with Crippen LogP contribution in [-0.4, -0.2) is 22.0 Å². The summed E-state index contributed by atoms with van der Waals surface area (Å²) in [6.07, 6.45) is 4.95. The minimum atomic E-state index is -3.32. The van der Waals surface area contributed by atoms with Gasteiger partial charge in [-0.05, 0) is 56.2 Å². The van der Waals surface area contributed by atoms with E-state index in [-0.39, 0.29) is 0 Å². The Labute approximate surface area is 118 Å². The molecule has 6 heteroatoms. The smallest absolute Gasteiger partial charge is 0.250 e. The van der Waals surface area contributed by atoms with E-state index in [2.05, 4.69) is 10.0 Å². The molecule has 0 aliphatic heterocycles. The van der Waals surface area contributed by atoms with Gasteiger partial charge in [-0.2, -0.15) is 0 Å². The SMILES string of the molecule is CNCc1ccc(S(=O)(=O)NCC2(C3CC3)CC2)s1. The van der Waals surface area contributed by atoms with E-state index in [1.165, 1.54) is 37.0 Å². The molecule has 2 N–H and O–H groups in total. The van der Waals surface area contributed by atoms with E-state index in [9.17, 15) is 8.42 Å². The van der Waals surface area contributed by atoms with Crippen molar-refractivity contribution in [3.05, 3.63) is 17.0 Å². The van der Waals surface area contributed by atoms with Crippen molar-refractivity contribution in [2.24, 2.45) is 11.3 Å². The highest BCUT2D eigenvalue weighted by atomic mass is 32.2. The van der Waals surface area contributed by atoms with Crippen molar-refractivity contribution in [1.29, 1.82) is 0 Å². The van der Waals surface area contributed by atoms with Crippen LogP contribution < -0.4 is 10.0 Å². The van der Waals surface area contributed by atoms with Gasteiger partial charge in [-0.25, -0.2) is 13.1 Å². The molecule has 19 heavy (non-hydrogen) atoms. The van der Waals surface area contributed by atoms with Crippen LogP contribution in [0.4, 0.5) is 0 Å². The third kappa shape index (κ3) is 2.86. The van der Waals surface area contributed by atoms with E-state index in [1.807, 2.05) is 13.1 Å². The zero-order valence-corrected chi connectivity index (χ0v) is 12.7. The molecule has 4 nitrogen and oxygen atoms in total. The van der Waals surface area contributed by atoms with E-state index in [1.54, 1.807) is 6.07 Å². The summed E-state index contributed by atoms with van der Waals surface area (Å²) in [7, 11) is -1.46. The van der Waals surface area contributed by atoms with Crippen LogP contribution in [0.5, 0.6) is 0 Å². The van der Waals surface area contributed by atoms with Gasteiger partial charge in [0.25, 0.3) is 0 Å². The lowest BCUT2D eigenvalue weighted by Gasteiger charge is -2.14. The van der Waals surface area contributed by atoms with E-state index in [0.717, 1.165) is 10.8 Å². The van der Waals surface area contributed by atoms with Gasteiger partial charge < -0.3 is 5.32 Å². The first-order chi connectivity index (χ1) is 9.06. The fourth-order valence-electron chi connectivity index (χ4n) is 2.67.